The van der Waals surface area contributed by atoms with Gasteiger partial charge in [-0.15, -0.1) is 0 Å². The second-order valence-electron chi connectivity index (χ2n) is 4.46. The molecule has 20 heavy (non-hydrogen) atoms. The Morgan fingerprint density at radius 3 is 2.60 bits per heavy atom. The molecule has 0 saturated heterocycles. The van der Waals surface area contributed by atoms with Crippen molar-refractivity contribution in [1.82, 2.24) is 14.6 Å². The van der Waals surface area contributed by atoms with Gasteiger partial charge in [0.2, 0.25) is 0 Å². The molecule has 0 unspecified atom stereocenters. The Morgan fingerprint density at radius 2 is 1.95 bits per heavy atom. The van der Waals surface area contributed by atoms with Gasteiger partial charge in [0, 0.05) is 23.4 Å². The lowest BCUT2D eigenvalue weighted by molar-refractivity contribution is 0.790. The molecule has 3 rings (SSSR count). The Labute approximate surface area is 129 Å². The molecule has 0 spiro atoms. The number of benzene rings is 1. The maximum absolute atomic E-state index is 6.09. The number of rotatable bonds is 2. The number of fused-ring (bicyclic) bond motifs is 1. The van der Waals surface area contributed by atoms with E-state index in [0.717, 1.165) is 16.8 Å². The highest BCUT2D eigenvalue weighted by Crippen LogP contribution is 2.27. The van der Waals surface area contributed by atoms with Gasteiger partial charge in [0.15, 0.2) is 5.65 Å². The molecule has 2 heterocycles. The van der Waals surface area contributed by atoms with Crippen LogP contribution in [0.4, 0.5) is 0 Å². The molecule has 0 aliphatic heterocycles. The average Bonchev–Trinajstić information content (AvgIpc) is 2.79. The summed E-state index contributed by atoms with van der Waals surface area (Å²) in [6, 6.07) is 9.81. The van der Waals surface area contributed by atoms with Gasteiger partial charge in [-0.25, -0.2) is 9.50 Å². The second kappa shape index (κ2) is 5.83. The summed E-state index contributed by atoms with van der Waals surface area (Å²) >= 11 is 6.09. The predicted molar refractivity (Wildman–Crippen MR) is 86.4 cm³/mol. The van der Waals surface area contributed by atoms with Crippen LogP contribution in [0.5, 0.6) is 0 Å². The van der Waals surface area contributed by atoms with Crippen molar-refractivity contribution < 1.29 is 0 Å². The second-order valence-corrected chi connectivity index (χ2v) is 4.87. The first kappa shape index (κ1) is 14.8. The SMILES string of the molecule is C[C@H](N)c1cn2ncc(Cl)c2nc1-c1ccccc1.S. The van der Waals surface area contributed by atoms with Crippen molar-refractivity contribution in [3.63, 3.8) is 0 Å². The maximum atomic E-state index is 6.09. The monoisotopic (exact) mass is 306 g/mol. The van der Waals surface area contributed by atoms with E-state index in [4.69, 9.17) is 17.3 Å². The minimum absolute atomic E-state index is 0. The largest absolute Gasteiger partial charge is 0.324 e. The molecule has 1 atom stereocenters. The van der Waals surface area contributed by atoms with Crippen molar-refractivity contribution in [1.29, 1.82) is 0 Å². The van der Waals surface area contributed by atoms with Crippen LogP contribution >= 0.6 is 25.1 Å². The zero-order chi connectivity index (χ0) is 13.4. The standard InChI is InChI=1S/C14H13ClN4.H2S/c1-9(16)11-8-19-14(12(15)7-17-19)18-13(11)10-5-3-2-4-6-10;/h2-9H,16H2,1H3;1H2/t9-;/m0./s1. The first-order chi connectivity index (χ1) is 9.16. The van der Waals surface area contributed by atoms with Crippen LogP contribution in [0.2, 0.25) is 5.02 Å². The third kappa shape index (κ3) is 2.52. The van der Waals surface area contributed by atoms with Gasteiger partial charge in [0.25, 0.3) is 0 Å². The van der Waals surface area contributed by atoms with E-state index in [0.29, 0.717) is 10.7 Å². The van der Waals surface area contributed by atoms with Gasteiger partial charge >= 0.3 is 0 Å². The Balaban J connectivity index is 0.00000147. The van der Waals surface area contributed by atoms with Crippen molar-refractivity contribution in [2.24, 2.45) is 5.73 Å². The maximum Gasteiger partial charge on any atom is 0.174 e. The summed E-state index contributed by atoms with van der Waals surface area (Å²) in [4.78, 5) is 4.61. The summed E-state index contributed by atoms with van der Waals surface area (Å²) in [6.07, 6.45) is 3.48. The molecule has 2 aromatic heterocycles. The number of halogens is 1. The highest BCUT2D eigenvalue weighted by atomic mass is 35.5. The highest BCUT2D eigenvalue weighted by Gasteiger charge is 2.14. The van der Waals surface area contributed by atoms with Crippen LogP contribution in [-0.4, -0.2) is 14.6 Å². The van der Waals surface area contributed by atoms with Crippen molar-refractivity contribution in [2.45, 2.75) is 13.0 Å². The minimum Gasteiger partial charge on any atom is -0.324 e. The number of nitrogens with two attached hydrogens (primary N) is 1. The fourth-order valence-corrected chi connectivity index (χ4v) is 2.23. The molecule has 0 amide bonds. The van der Waals surface area contributed by atoms with E-state index in [1.807, 2.05) is 43.5 Å². The molecule has 0 aliphatic carbocycles. The minimum atomic E-state index is -0.130. The van der Waals surface area contributed by atoms with E-state index in [-0.39, 0.29) is 19.5 Å². The lowest BCUT2D eigenvalue weighted by Gasteiger charge is -2.12. The molecule has 104 valence electrons. The topological polar surface area (TPSA) is 56.2 Å². The first-order valence-electron chi connectivity index (χ1n) is 6.01. The molecule has 3 aromatic rings. The van der Waals surface area contributed by atoms with E-state index >= 15 is 0 Å². The molecule has 1 aromatic carbocycles. The van der Waals surface area contributed by atoms with E-state index in [2.05, 4.69) is 10.1 Å². The average molecular weight is 307 g/mol. The zero-order valence-electron chi connectivity index (χ0n) is 10.9. The molecule has 4 nitrogen and oxygen atoms in total. The normalized spacial score (nSPS) is 12.2. The zero-order valence-corrected chi connectivity index (χ0v) is 12.7. The van der Waals surface area contributed by atoms with Crippen molar-refractivity contribution in [2.75, 3.05) is 0 Å². The molecular weight excluding hydrogens is 292 g/mol. The summed E-state index contributed by atoms with van der Waals surface area (Å²) in [7, 11) is 0. The number of hydrogen-bond donors (Lipinski definition) is 1. The third-order valence-corrected chi connectivity index (χ3v) is 3.28. The molecule has 0 saturated carbocycles. The number of hydrogen-bond acceptors (Lipinski definition) is 3. The summed E-state index contributed by atoms with van der Waals surface area (Å²) in [5.74, 6) is 0. The number of nitrogens with zero attached hydrogens (tertiary/aromatic N) is 3. The van der Waals surface area contributed by atoms with Gasteiger partial charge in [0.05, 0.1) is 11.9 Å². The lowest BCUT2D eigenvalue weighted by Crippen LogP contribution is -2.10. The summed E-state index contributed by atoms with van der Waals surface area (Å²) < 4.78 is 1.66. The van der Waals surface area contributed by atoms with Crippen molar-refractivity contribution >= 4 is 30.7 Å². The predicted octanol–water partition coefficient (Wildman–Crippen LogP) is 3.18. The summed E-state index contributed by atoms with van der Waals surface area (Å²) in [5.41, 5.74) is 9.50. The van der Waals surface area contributed by atoms with E-state index in [1.54, 1.807) is 10.7 Å². The highest BCUT2D eigenvalue weighted by molar-refractivity contribution is 7.59. The molecule has 0 radical (unpaired) electrons. The Kier molecular flexibility index (Phi) is 4.32. The van der Waals surface area contributed by atoms with Gasteiger partial charge in [-0.1, -0.05) is 41.9 Å². The van der Waals surface area contributed by atoms with Crippen LogP contribution in [0.15, 0.2) is 42.7 Å². The van der Waals surface area contributed by atoms with Crippen molar-refractivity contribution in [3.8, 4) is 11.3 Å². The first-order valence-corrected chi connectivity index (χ1v) is 6.39. The van der Waals surface area contributed by atoms with Gasteiger partial charge in [-0.3, -0.25) is 0 Å². The summed E-state index contributed by atoms with van der Waals surface area (Å²) in [6.45, 7) is 1.93. The molecule has 0 aliphatic rings. The van der Waals surface area contributed by atoms with Crippen LogP contribution in [0.3, 0.4) is 0 Å². The number of aromatic nitrogens is 3. The van der Waals surface area contributed by atoms with Crippen LogP contribution in [0, 0.1) is 0 Å². The van der Waals surface area contributed by atoms with Crippen LogP contribution < -0.4 is 5.73 Å². The van der Waals surface area contributed by atoms with Gasteiger partial charge in [-0.2, -0.15) is 18.6 Å². The third-order valence-electron chi connectivity index (χ3n) is 3.02. The molecule has 0 fully saturated rings. The fraction of sp³-hybridized carbons (Fsp3) is 0.143. The molecule has 2 N–H and O–H groups in total. The van der Waals surface area contributed by atoms with Crippen molar-refractivity contribution in [3.05, 3.63) is 53.3 Å². The van der Waals surface area contributed by atoms with E-state index in [9.17, 15) is 0 Å². The molecule has 6 heteroatoms. The van der Waals surface area contributed by atoms with Crippen LogP contribution in [0.25, 0.3) is 16.9 Å². The molecular formula is C14H15ClN4S. The van der Waals surface area contributed by atoms with Gasteiger partial charge < -0.3 is 5.73 Å². The van der Waals surface area contributed by atoms with Crippen LogP contribution in [-0.2, 0) is 0 Å². The smallest absolute Gasteiger partial charge is 0.174 e. The Morgan fingerprint density at radius 1 is 1.25 bits per heavy atom. The van der Waals surface area contributed by atoms with Gasteiger partial charge in [0.1, 0.15) is 5.02 Å². The fourth-order valence-electron chi connectivity index (χ4n) is 2.06. The van der Waals surface area contributed by atoms with Gasteiger partial charge in [-0.05, 0) is 6.92 Å². The lowest BCUT2D eigenvalue weighted by atomic mass is 10.0. The molecule has 0 bridgehead atoms. The Hall–Kier alpha value is -1.56. The Bertz CT molecular complexity index is 725. The quantitative estimate of drug-likeness (QED) is 0.791. The van der Waals surface area contributed by atoms with E-state index < -0.39 is 0 Å². The van der Waals surface area contributed by atoms with E-state index in [1.165, 1.54) is 0 Å². The summed E-state index contributed by atoms with van der Waals surface area (Å²) in [5, 5.41) is 4.70. The van der Waals surface area contributed by atoms with Crippen LogP contribution in [0.1, 0.15) is 18.5 Å².